The van der Waals surface area contributed by atoms with Gasteiger partial charge in [0, 0.05) is 0 Å². The van der Waals surface area contributed by atoms with E-state index < -0.39 is 0 Å². The summed E-state index contributed by atoms with van der Waals surface area (Å²) < 4.78 is 5.30. The van der Waals surface area contributed by atoms with E-state index >= 15 is 0 Å². The van der Waals surface area contributed by atoms with E-state index in [2.05, 4.69) is 20.5 Å². The van der Waals surface area contributed by atoms with Gasteiger partial charge >= 0.3 is 0 Å². The first-order valence-corrected chi connectivity index (χ1v) is 5.09. The number of H-pyrrole nitrogens is 1. The number of anilines is 1. The van der Waals surface area contributed by atoms with E-state index in [1.54, 1.807) is 0 Å². The van der Waals surface area contributed by atoms with Crippen molar-refractivity contribution in [3.05, 3.63) is 36.2 Å². The summed E-state index contributed by atoms with van der Waals surface area (Å²) in [5.41, 5.74) is 1.14. The molecule has 0 fully saturated rings. The molecular weight excluding hydrogens is 220 g/mol. The summed E-state index contributed by atoms with van der Waals surface area (Å²) in [5.74, 6) is 0.674. The Kier molecular flexibility index (Phi) is 3.34. The predicted octanol–water partition coefficient (Wildman–Crippen LogP) is 1.13. The molecule has 2 aromatic rings. The number of rotatable bonds is 4. The molecule has 0 saturated heterocycles. The van der Waals surface area contributed by atoms with Gasteiger partial charge in [-0.3, -0.25) is 10.1 Å². The molecule has 1 aromatic heterocycles. The van der Waals surface area contributed by atoms with Crippen LogP contribution in [0.4, 0.5) is 5.95 Å². The van der Waals surface area contributed by atoms with E-state index in [9.17, 15) is 4.79 Å². The second-order valence-corrected chi connectivity index (χ2v) is 3.48. The van der Waals surface area contributed by atoms with Crippen LogP contribution in [0.3, 0.4) is 0 Å². The molecule has 2 rings (SSSR count). The van der Waals surface area contributed by atoms with Crippen LogP contribution >= 0.6 is 0 Å². The zero-order valence-electron chi connectivity index (χ0n) is 9.30. The average molecular weight is 232 g/mol. The zero-order valence-corrected chi connectivity index (χ0v) is 9.30. The van der Waals surface area contributed by atoms with E-state index in [1.165, 1.54) is 6.33 Å². The van der Waals surface area contributed by atoms with Crippen molar-refractivity contribution in [1.82, 2.24) is 15.2 Å². The van der Waals surface area contributed by atoms with Crippen molar-refractivity contribution >= 4 is 11.9 Å². The highest BCUT2D eigenvalue weighted by Crippen LogP contribution is 2.11. The Labute approximate surface area is 98.0 Å². The van der Waals surface area contributed by atoms with Crippen molar-refractivity contribution < 1.29 is 9.53 Å². The number of nitrogens with one attached hydrogen (secondary N) is 2. The van der Waals surface area contributed by atoms with Gasteiger partial charge in [0.05, 0.1) is 0 Å². The number of aromatic nitrogens is 3. The van der Waals surface area contributed by atoms with Crippen molar-refractivity contribution in [3.8, 4) is 5.75 Å². The van der Waals surface area contributed by atoms with Gasteiger partial charge in [-0.15, -0.1) is 0 Å². The van der Waals surface area contributed by atoms with Crippen LogP contribution in [-0.4, -0.2) is 27.7 Å². The maximum absolute atomic E-state index is 11.4. The normalized spacial score (nSPS) is 9.94. The van der Waals surface area contributed by atoms with Crippen LogP contribution in [-0.2, 0) is 4.79 Å². The maximum atomic E-state index is 11.4. The Morgan fingerprint density at radius 1 is 1.41 bits per heavy atom. The largest absolute Gasteiger partial charge is 0.484 e. The lowest BCUT2D eigenvalue weighted by molar-refractivity contribution is -0.118. The molecule has 17 heavy (non-hydrogen) atoms. The summed E-state index contributed by atoms with van der Waals surface area (Å²) >= 11 is 0. The fourth-order valence-electron chi connectivity index (χ4n) is 1.22. The molecule has 0 aliphatic heterocycles. The topological polar surface area (TPSA) is 79.9 Å². The number of hydrogen-bond acceptors (Lipinski definition) is 4. The highest BCUT2D eigenvalue weighted by Gasteiger charge is 2.04. The number of benzene rings is 1. The highest BCUT2D eigenvalue weighted by molar-refractivity contribution is 5.90. The molecule has 0 saturated carbocycles. The zero-order chi connectivity index (χ0) is 12.1. The Hall–Kier alpha value is -2.37. The quantitative estimate of drug-likeness (QED) is 0.828. The van der Waals surface area contributed by atoms with E-state index in [4.69, 9.17) is 4.74 Å². The van der Waals surface area contributed by atoms with Crippen molar-refractivity contribution in [3.63, 3.8) is 0 Å². The lowest BCUT2D eigenvalue weighted by Gasteiger charge is -2.05. The molecule has 1 aromatic carbocycles. The van der Waals surface area contributed by atoms with Crippen molar-refractivity contribution in [2.24, 2.45) is 0 Å². The second kappa shape index (κ2) is 5.11. The van der Waals surface area contributed by atoms with Gasteiger partial charge in [0.2, 0.25) is 5.95 Å². The molecular formula is C11H12N4O2. The summed E-state index contributed by atoms with van der Waals surface area (Å²) in [5, 5.41) is 8.65. The van der Waals surface area contributed by atoms with E-state index in [0.29, 0.717) is 11.7 Å². The van der Waals surface area contributed by atoms with E-state index in [1.807, 2.05) is 31.2 Å². The third kappa shape index (κ3) is 3.30. The van der Waals surface area contributed by atoms with Gasteiger partial charge in [-0.1, -0.05) is 17.7 Å². The number of amides is 1. The highest BCUT2D eigenvalue weighted by atomic mass is 16.5. The molecule has 0 aliphatic carbocycles. The minimum atomic E-state index is -0.290. The van der Waals surface area contributed by atoms with E-state index in [-0.39, 0.29) is 12.5 Å². The van der Waals surface area contributed by atoms with Gasteiger partial charge < -0.3 is 4.74 Å². The summed E-state index contributed by atoms with van der Waals surface area (Å²) in [6.07, 6.45) is 1.32. The van der Waals surface area contributed by atoms with Crippen LogP contribution in [0, 0.1) is 6.92 Å². The molecule has 2 N–H and O–H groups in total. The van der Waals surface area contributed by atoms with Gasteiger partial charge in [-0.25, -0.2) is 5.10 Å². The van der Waals surface area contributed by atoms with Gasteiger partial charge in [0.15, 0.2) is 6.61 Å². The number of nitrogens with zero attached hydrogens (tertiary/aromatic N) is 2. The number of aromatic amines is 1. The smallest absolute Gasteiger partial charge is 0.264 e. The van der Waals surface area contributed by atoms with Crippen LogP contribution < -0.4 is 10.1 Å². The summed E-state index contributed by atoms with van der Waals surface area (Å²) in [7, 11) is 0. The fourth-order valence-corrected chi connectivity index (χ4v) is 1.22. The fraction of sp³-hybridized carbons (Fsp3) is 0.182. The molecule has 0 atom stereocenters. The molecule has 0 spiro atoms. The second-order valence-electron chi connectivity index (χ2n) is 3.48. The van der Waals surface area contributed by atoms with Gasteiger partial charge in [-0.05, 0) is 19.1 Å². The van der Waals surface area contributed by atoms with Crippen LogP contribution in [0.25, 0.3) is 0 Å². The number of aryl methyl sites for hydroxylation is 1. The van der Waals surface area contributed by atoms with Gasteiger partial charge in [0.1, 0.15) is 12.1 Å². The van der Waals surface area contributed by atoms with Crippen LogP contribution in [0.5, 0.6) is 5.75 Å². The maximum Gasteiger partial charge on any atom is 0.264 e. The van der Waals surface area contributed by atoms with Crippen LogP contribution in [0.1, 0.15) is 5.56 Å². The van der Waals surface area contributed by atoms with Crippen LogP contribution in [0.15, 0.2) is 30.6 Å². The molecule has 0 aliphatic rings. The molecule has 6 nitrogen and oxygen atoms in total. The third-order valence-corrected chi connectivity index (χ3v) is 2.06. The molecule has 1 amide bonds. The number of carbonyl (C=O) groups is 1. The molecule has 88 valence electrons. The predicted molar refractivity (Wildman–Crippen MR) is 61.7 cm³/mol. The number of ether oxygens (including phenoxy) is 1. The molecule has 0 bridgehead atoms. The monoisotopic (exact) mass is 232 g/mol. The Bertz CT molecular complexity index is 479. The lowest BCUT2D eigenvalue weighted by Crippen LogP contribution is -2.20. The van der Waals surface area contributed by atoms with E-state index in [0.717, 1.165) is 5.56 Å². The molecule has 0 radical (unpaired) electrons. The Morgan fingerprint density at radius 3 is 2.82 bits per heavy atom. The number of carbonyl (C=O) groups excluding carboxylic acids is 1. The van der Waals surface area contributed by atoms with Crippen molar-refractivity contribution in [2.75, 3.05) is 11.9 Å². The first kappa shape index (κ1) is 11.1. The molecule has 0 unspecified atom stereocenters. The molecule has 1 heterocycles. The summed E-state index contributed by atoms with van der Waals surface area (Å²) in [6.45, 7) is 1.92. The SMILES string of the molecule is Cc1ccc(OCC(=O)Nc2ncn[nH]2)cc1. The van der Waals surface area contributed by atoms with Gasteiger partial charge in [-0.2, -0.15) is 10.1 Å². The summed E-state index contributed by atoms with van der Waals surface area (Å²) in [6, 6.07) is 7.47. The third-order valence-electron chi connectivity index (χ3n) is 2.06. The summed E-state index contributed by atoms with van der Waals surface area (Å²) in [4.78, 5) is 15.2. The Morgan fingerprint density at radius 2 is 2.18 bits per heavy atom. The Balaban J connectivity index is 1.82. The standard InChI is InChI=1S/C11H12N4O2/c1-8-2-4-9(5-3-8)17-6-10(16)14-11-12-7-13-15-11/h2-5,7H,6H2,1H3,(H2,12,13,14,15,16). The van der Waals surface area contributed by atoms with Crippen LogP contribution in [0.2, 0.25) is 0 Å². The van der Waals surface area contributed by atoms with Crippen molar-refractivity contribution in [1.29, 1.82) is 0 Å². The average Bonchev–Trinajstić information content (AvgIpc) is 2.81. The number of hydrogen-bond donors (Lipinski definition) is 2. The first-order valence-electron chi connectivity index (χ1n) is 5.09. The van der Waals surface area contributed by atoms with Crippen molar-refractivity contribution in [2.45, 2.75) is 6.92 Å². The lowest BCUT2D eigenvalue weighted by atomic mass is 10.2. The van der Waals surface area contributed by atoms with Gasteiger partial charge in [0.25, 0.3) is 5.91 Å². The first-order chi connectivity index (χ1) is 8.24. The molecule has 6 heteroatoms. The minimum absolute atomic E-state index is 0.0657. The minimum Gasteiger partial charge on any atom is -0.484 e.